The van der Waals surface area contributed by atoms with E-state index in [2.05, 4.69) is 0 Å². The van der Waals surface area contributed by atoms with Gasteiger partial charge < -0.3 is 15.3 Å². The van der Waals surface area contributed by atoms with E-state index < -0.39 is 0 Å². The molecule has 1 radical (unpaired) electrons. The van der Waals surface area contributed by atoms with Crippen molar-refractivity contribution in [3.8, 4) is 0 Å². The Bertz CT molecular complexity index is 368. The molecular weight excluding hydrogens is 335 g/mol. The Morgan fingerprint density at radius 1 is 0.545 bits per heavy atom. The van der Waals surface area contributed by atoms with Crippen LogP contribution in [-0.4, -0.2) is 32.7 Å². The quantitative estimate of drug-likeness (QED) is 0.527. The molecule has 0 saturated carbocycles. The van der Waals surface area contributed by atoms with E-state index in [4.69, 9.17) is 15.3 Å². The van der Waals surface area contributed by atoms with Crippen molar-refractivity contribution in [3.05, 3.63) is 35.5 Å². The number of rotatable bonds is 3. The van der Waals surface area contributed by atoms with E-state index in [9.17, 15) is 14.4 Å². The zero-order chi connectivity index (χ0) is 17.6. The normalized spacial score (nSPS) is 10.9. The van der Waals surface area contributed by atoms with Crippen molar-refractivity contribution in [2.24, 2.45) is 0 Å². The molecule has 0 aliphatic carbocycles. The van der Waals surface area contributed by atoms with Gasteiger partial charge in [-0.05, 0) is 41.5 Å². The monoisotopic (exact) mass is 359 g/mol. The molecule has 7 heteroatoms. The summed E-state index contributed by atoms with van der Waals surface area (Å²) >= 11 is 0. The van der Waals surface area contributed by atoms with E-state index in [1.165, 1.54) is 59.8 Å². The number of carbonyl (C=O) groups is 3. The number of hydrogen-bond acceptors (Lipinski definition) is 6. The fraction of sp³-hybridized carbons (Fsp3) is 0.400. The second-order valence-corrected chi connectivity index (χ2v) is 4.19. The molecule has 6 nitrogen and oxygen atoms in total. The zero-order valence-electron chi connectivity index (χ0n) is 13.6. The molecule has 0 rings (SSSR count). The average Bonchev–Trinajstić information content (AvgIpc) is 2.10. The standard InChI is InChI=1S/3C5H8O2.Co/c3*1-4(6)3-5(2)7;/h3*3,6H,1-2H3;/b3*4-3+;. The van der Waals surface area contributed by atoms with Gasteiger partial charge in [-0.3, -0.25) is 14.4 Å². The molecular formula is C15H24CoO6. The summed E-state index contributed by atoms with van der Waals surface area (Å²) in [5, 5.41) is 25.1. The molecule has 0 spiro atoms. The van der Waals surface area contributed by atoms with E-state index in [1.54, 1.807) is 0 Å². The van der Waals surface area contributed by atoms with Crippen molar-refractivity contribution < 1.29 is 46.5 Å². The van der Waals surface area contributed by atoms with Crippen LogP contribution in [0.15, 0.2) is 35.5 Å². The van der Waals surface area contributed by atoms with Crippen molar-refractivity contribution in [3.63, 3.8) is 0 Å². The van der Waals surface area contributed by atoms with Gasteiger partial charge in [0.05, 0.1) is 17.3 Å². The van der Waals surface area contributed by atoms with E-state index in [-0.39, 0.29) is 51.4 Å². The molecule has 0 atom stereocenters. The van der Waals surface area contributed by atoms with Crippen LogP contribution in [0.4, 0.5) is 0 Å². The van der Waals surface area contributed by atoms with Crippen LogP contribution in [0.3, 0.4) is 0 Å². The Kier molecular flexibility index (Phi) is 22.1. The predicted octanol–water partition coefficient (Wildman–Crippen LogP) is 3.11. The van der Waals surface area contributed by atoms with Crippen molar-refractivity contribution in [2.45, 2.75) is 41.5 Å². The molecule has 0 amide bonds. The second kappa shape index (κ2) is 17.2. The van der Waals surface area contributed by atoms with Crippen molar-refractivity contribution in [1.29, 1.82) is 0 Å². The molecule has 0 aromatic heterocycles. The fourth-order valence-electron chi connectivity index (χ4n) is 0.882. The Balaban J connectivity index is -0.000000108. The van der Waals surface area contributed by atoms with Crippen LogP contribution in [-0.2, 0) is 31.2 Å². The van der Waals surface area contributed by atoms with Crippen LogP contribution < -0.4 is 0 Å². The number of hydrogen-bond donors (Lipinski definition) is 3. The third-order valence-corrected chi connectivity index (χ3v) is 1.24. The third kappa shape index (κ3) is 51.8. The largest absolute Gasteiger partial charge is 0.512 e. The van der Waals surface area contributed by atoms with Gasteiger partial charge in [-0.1, -0.05) is 0 Å². The van der Waals surface area contributed by atoms with Crippen LogP contribution in [0.25, 0.3) is 0 Å². The first-order valence-corrected chi connectivity index (χ1v) is 6.02. The Labute approximate surface area is 141 Å². The number of carbonyl (C=O) groups excluding carboxylic acids is 3. The van der Waals surface area contributed by atoms with Crippen LogP contribution in [0.5, 0.6) is 0 Å². The molecule has 0 unspecified atom stereocenters. The van der Waals surface area contributed by atoms with Crippen LogP contribution in [0.2, 0.25) is 0 Å². The molecule has 0 aromatic rings. The van der Waals surface area contributed by atoms with Gasteiger partial charge in [0.2, 0.25) is 0 Å². The summed E-state index contributed by atoms with van der Waals surface area (Å²) in [4.78, 5) is 30.1. The molecule has 0 aliphatic rings. The topological polar surface area (TPSA) is 112 Å². The van der Waals surface area contributed by atoms with Gasteiger partial charge in [0, 0.05) is 35.0 Å². The minimum absolute atomic E-state index is 0. The predicted molar refractivity (Wildman–Crippen MR) is 81.2 cm³/mol. The zero-order valence-corrected chi connectivity index (χ0v) is 14.7. The number of allylic oxidation sites excluding steroid dienone is 6. The van der Waals surface area contributed by atoms with Gasteiger partial charge in [0.1, 0.15) is 0 Å². The minimum atomic E-state index is -0.125. The maximum Gasteiger partial charge on any atom is 0.155 e. The molecule has 0 aliphatic heterocycles. The van der Waals surface area contributed by atoms with Crippen LogP contribution in [0.1, 0.15) is 41.5 Å². The van der Waals surface area contributed by atoms with Gasteiger partial charge in [-0.15, -0.1) is 0 Å². The smallest absolute Gasteiger partial charge is 0.155 e. The molecule has 22 heavy (non-hydrogen) atoms. The Morgan fingerprint density at radius 2 is 0.682 bits per heavy atom. The number of aliphatic hydroxyl groups excluding tert-OH is 3. The van der Waals surface area contributed by atoms with Gasteiger partial charge in [0.25, 0.3) is 0 Å². The summed E-state index contributed by atoms with van der Waals surface area (Å²) in [5.41, 5.74) is 0. The maximum atomic E-state index is 10.0. The van der Waals surface area contributed by atoms with Gasteiger partial charge in [-0.2, -0.15) is 0 Å². The van der Waals surface area contributed by atoms with E-state index in [0.29, 0.717) is 0 Å². The summed E-state index contributed by atoms with van der Waals surface area (Å²) in [7, 11) is 0. The minimum Gasteiger partial charge on any atom is -0.512 e. The average molecular weight is 359 g/mol. The van der Waals surface area contributed by atoms with Crippen molar-refractivity contribution in [2.75, 3.05) is 0 Å². The third-order valence-electron chi connectivity index (χ3n) is 1.24. The molecule has 0 saturated heterocycles. The van der Waals surface area contributed by atoms with E-state index >= 15 is 0 Å². The summed E-state index contributed by atoms with van der Waals surface area (Å²) in [6, 6.07) is 0. The maximum absolute atomic E-state index is 10.0. The molecule has 0 bridgehead atoms. The second-order valence-electron chi connectivity index (χ2n) is 4.19. The number of ketones is 3. The van der Waals surface area contributed by atoms with Gasteiger partial charge in [0.15, 0.2) is 17.3 Å². The molecule has 0 fully saturated rings. The summed E-state index contributed by atoms with van der Waals surface area (Å²) < 4.78 is 0. The molecule has 0 aromatic carbocycles. The first kappa shape index (κ1) is 28.3. The van der Waals surface area contributed by atoms with Crippen molar-refractivity contribution >= 4 is 17.3 Å². The first-order chi connectivity index (χ1) is 9.38. The summed E-state index contributed by atoms with van der Waals surface area (Å²) in [6.45, 7) is 8.54. The summed E-state index contributed by atoms with van der Waals surface area (Å²) in [5.74, 6) is -0.187. The van der Waals surface area contributed by atoms with Crippen LogP contribution in [0, 0.1) is 0 Å². The molecule has 0 heterocycles. The Hall–Kier alpha value is -1.86. The first-order valence-electron chi connectivity index (χ1n) is 6.02. The van der Waals surface area contributed by atoms with Gasteiger partial charge in [-0.25, -0.2) is 0 Å². The van der Waals surface area contributed by atoms with E-state index in [0.717, 1.165) is 0 Å². The molecule has 129 valence electrons. The van der Waals surface area contributed by atoms with Gasteiger partial charge >= 0.3 is 0 Å². The fourth-order valence-corrected chi connectivity index (χ4v) is 0.882. The number of aliphatic hydroxyl groups is 3. The summed E-state index contributed by atoms with van der Waals surface area (Å²) in [6.07, 6.45) is 3.50. The molecule has 3 N–H and O–H groups in total. The Morgan fingerprint density at radius 3 is 0.682 bits per heavy atom. The van der Waals surface area contributed by atoms with E-state index in [1.807, 2.05) is 0 Å². The SMILES string of the molecule is CC(=O)/C=C(\C)O.CC(=O)/C=C(\C)O.CC(=O)/C=C(\C)O.[Co]. The van der Waals surface area contributed by atoms with Crippen molar-refractivity contribution in [1.82, 2.24) is 0 Å². The van der Waals surface area contributed by atoms with Crippen LogP contribution >= 0.6 is 0 Å².